The summed E-state index contributed by atoms with van der Waals surface area (Å²) in [5.74, 6) is 0. The van der Waals surface area contributed by atoms with E-state index in [1.165, 1.54) is 5.56 Å². The van der Waals surface area contributed by atoms with Gasteiger partial charge in [-0.15, -0.1) is 0 Å². The Morgan fingerprint density at radius 1 is 1.33 bits per heavy atom. The average molecular weight is 208 g/mol. The molecule has 1 rings (SSSR count). The van der Waals surface area contributed by atoms with E-state index in [-0.39, 0.29) is 6.10 Å². The molecule has 0 amide bonds. The molecule has 0 saturated carbocycles. The van der Waals surface area contributed by atoms with E-state index in [1.54, 1.807) is 0 Å². The average Bonchev–Trinajstić information content (AvgIpc) is 2.25. The number of aromatic nitrogens is 1. The number of aliphatic hydroxyl groups excluding tert-OH is 1. The van der Waals surface area contributed by atoms with Crippen molar-refractivity contribution < 1.29 is 5.11 Å². The SMILES string of the molecule is CC(O)CCCNC(C)c1ccncc1. The zero-order valence-electron chi connectivity index (χ0n) is 9.48. The zero-order valence-corrected chi connectivity index (χ0v) is 9.48. The summed E-state index contributed by atoms with van der Waals surface area (Å²) in [6.07, 6.45) is 5.29. The smallest absolute Gasteiger partial charge is 0.0512 e. The largest absolute Gasteiger partial charge is 0.393 e. The van der Waals surface area contributed by atoms with Gasteiger partial charge in [-0.25, -0.2) is 0 Å². The quantitative estimate of drug-likeness (QED) is 0.702. The van der Waals surface area contributed by atoms with Crippen LogP contribution in [0, 0.1) is 0 Å². The highest BCUT2D eigenvalue weighted by molar-refractivity contribution is 5.13. The van der Waals surface area contributed by atoms with Gasteiger partial charge in [0.2, 0.25) is 0 Å². The van der Waals surface area contributed by atoms with Crippen LogP contribution in [0.25, 0.3) is 0 Å². The van der Waals surface area contributed by atoms with Crippen LogP contribution in [0.3, 0.4) is 0 Å². The second-order valence-corrected chi connectivity index (χ2v) is 3.95. The van der Waals surface area contributed by atoms with E-state index in [9.17, 15) is 0 Å². The van der Waals surface area contributed by atoms with Crippen molar-refractivity contribution in [1.29, 1.82) is 0 Å². The van der Waals surface area contributed by atoms with Gasteiger partial charge in [-0.3, -0.25) is 4.98 Å². The third-order valence-corrected chi connectivity index (χ3v) is 2.46. The van der Waals surface area contributed by atoms with E-state index in [0.29, 0.717) is 6.04 Å². The summed E-state index contributed by atoms with van der Waals surface area (Å²) in [6.45, 7) is 4.90. The lowest BCUT2D eigenvalue weighted by molar-refractivity contribution is 0.181. The standard InChI is InChI=1S/C12H20N2O/c1-10(15)4-3-7-14-11(2)12-5-8-13-9-6-12/h5-6,8-11,14-15H,3-4,7H2,1-2H3. The molecule has 2 atom stereocenters. The third kappa shape index (κ3) is 4.91. The maximum atomic E-state index is 9.10. The number of hydrogen-bond donors (Lipinski definition) is 2. The molecule has 2 N–H and O–H groups in total. The lowest BCUT2D eigenvalue weighted by atomic mass is 10.1. The number of pyridine rings is 1. The molecule has 0 aliphatic heterocycles. The normalized spacial score (nSPS) is 14.9. The topological polar surface area (TPSA) is 45.1 Å². The molecule has 1 aromatic heterocycles. The molecule has 3 nitrogen and oxygen atoms in total. The van der Waals surface area contributed by atoms with Crippen molar-refractivity contribution in [3.8, 4) is 0 Å². The van der Waals surface area contributed by atoms with Crippen molar-refractivity contribution in [1.82, 2.24) is 10.3 Å². The molecule has 1 aromatic rings. The van der Waals surface area contributed by atoms with Crippen LogP contribution < -0.4 is 5.32 Å². The molecular formula is C12H20N2O. The minimum atomic E-state index is -0.192. The highest BCUT2D eigenvalue weighted by Gasteiger charge is 2.03. The minimum Gasteiger partial charge on any atom is -0.393 e. The summed E-state index contributed by atoms with van der Waals surface area (Å²) in [5, 5.41) is 12.5. The second kappa shape index (κ2) is 6.53. The predicted molar refractivity (Wildman–Crippen MR) is 61.6 cm³/mol. The van der Waals surface area contributed by atoms with Gasteiger partial charge in [0.05, 0.1) is 6.10 Å². The molecule has 15 heavy (non-hydrogen) atoms. The van der Waals surface area contributed by atoms with Crippen LogP contribution in [-0.4, -0.2) is 22.7 Å². The van der Waals surface area contributed by atoms with Gasteiger partial charge < -0.3 is 10.4 Å². The second-order valence-electron chi connectivity index (χ2n) is 3.95. The number of nitrogens with one attached hydrogen (secondary N) is 1. The maximum absolute atomic E-state index is 9.10. The van der Waals surface area contributed by atoms with Gasteiger partial charge in [-0.1, -0.05) is 0 Å². The fourth-order valence-corrected chi connectivity index (χ4v) is 1.49. The van der Waals surface area contributed by atoms with Crippen LogP contribution in [0.4, 0.5) is 0 Å². The first-order chi connectivity index (χ1) is 7.20. The van der Waals surface area contributed by atoms with Gasteiger partial charge >= 0.3 is 0 Å². The molecule has 84 valence electrons. The molecule has 0 aromatic carbocycles. The van der Waals surface area contributed by atoms with Gasteiger partial charge in [0, 0.05) is 18.4 Å². The lowest BCUT2D eigenvalue weighted by Gasteiger charge is -2.14. The number of aliphatic hydroxyl groups is 1. The molecule has 0 aliphatic carbocycles. The fraction of sp³-hybridized carbons (Fsp3) is 0.583. The Morgan fingerprint density at radius 3 is 2.60 bits per heavy atom. The van der Waals surface area contributed by atoms with E-state index in [4.69, 9.17) is 5.11 Å². The van der Waals surface area contributed by atoms with Gasteiger partial charge in [0.15, 0.2) is 0 Å². The summed E-state index contributed by atoms with van der Waals surface area (Å²) in [7, 11) is 0. The third-order valence-electron chi connectivity index (χ3n) is 2.46. The molecule has 1 heterocycles. The van der Waals surface area contributed by atoms with Crippen molar-refractivity contribution in [2.24, 2.45) is 0 Å². The van der Waals surface area contributed by atoms with Crippen molar-refractivity contribution in [3.05, 3.63) is 30.1 Å². The summed E-state index contributed by atoms with van der Waals surface area (Å²) >= 11 is 0. The summed E-state index contributed by atoms with van der Waals surface area (Å²) in [4.78, 5) is 3.99. The first-order valence-electron chi connectivity index (χ1n) is 5.51. The molecule has 2 unspecified atom stereocenters. The Morgan fingerprint density at radius 2 is 2.00 bits per heavy atom. The number of rotatable bonds is 6. The van der Waals surface area contributed by atoms with Crippen LogP contribution in [0.1, 0.15) is 38.3 Å². The van der Waals surface area contributed by atoms with E-state index < -0.39 is 0 Å². The molecule has 3 heteroatoms. The number of nitrogens with zero attached hydrogens (tertiary/aromatic N) is 1. The Kier molecular flexibility index (Phi) is 5.29. The lowest BCUT2D eigenvalue weighted by Crippen LogP contribution is -2.20. The fourth-order valence-electron chi connectivity index (χ4n) is 1.49. The van der Waals surface area contributed by atoms with Gasteiger partial charge in [-0.2, -0.15) is 0 Å². The molecule has 0 bridgehead atoms. The summed E-state index contributed by atoms with van der Waals surface area (Å²) in [6, 6.07) is 4.39. The molecule has 0 aliphatic rings. The highest BCUT2D eigenvalue weighted by atomic mass is 16.3. The maximum Gasteiger partial charge on any atom is 0.0512 e. The Labute approximate surface area is 91.5 Å². The molecule has 0 spiro atoms. The Hall–Kier alpha value is -0.930. The number of hydrogen-bond acceptors (Lipinski definition) is 3. The predicted octanol–water partition coefficient (Wildman–Crippen LogP) is 1.89. The van der Waals surface area contributed by atoms with Crippen LogP contribution >= 0.6 is 0 Å². The van der Waals surface area contributed by atoms with Crippen LogP contribution in [-0.2, 0) is 0 Å². The molecule has 0 fully saturated rings. The van der Waals surface area contributed by atoms with Crippen LogP contribution in [0.5, 0.6) is 0 Å². The van der Waals surface area contributed by atoms with E-state index in [1.807, 2.05) is 31.5 Å². The van der Waals surface area contributed by atoms with E-state index in [0.717, 1.165) is 19.4 Å². The molecule has 0 radical (unpaired) electrons. The van der Waals surface area contributed by atoms with Crippen molar-refractivity contribution >= 4 is 0 Å². The van der Waals surface area contributed by atoms with E-state index in [2.05, 4.69) is 17.2 Å². The van der Waals surface area contributed by atoms with E-state index >= 15 is 0 Å². The molecule has 0 saturated heterocycles. The minimum absolute atomic E-state index is 0.192. The Bertz CT molecular complexity index is 262. The van der Waals surface area contributed by atoms with Gasteiger partial charge in [-0.05, 0) is 50.9 Å². The summed E-state index contributed by atoms with van der Waals surface area (Å²) < 4.78 is 0. The molecular weight excluding hydrogens is 188 g/mol. The zero-order chi connectivity index (χ0) is 11.1. The summed E-state index contributed by atoms with van der Waals surface area (Å²) in [5.41, 5.74) is 1.25. The van der Waals surface area contributed by atoms with Crippen LogP contribution in [0.15, 0.2) is 24.5 Å². The first-order valence-corrected chi connectivity index (χ1v) is 5.51. The van der Waals surface area contributed by atoms with Crippen molar-refractivity contribution in [2.45, 2.75) is 38.8 Å². The van der Waals surface area contributed by atoms with Crippen molar-refractivity contribution in [3.63, 3.8) is 0 Å². The first kappa shape index (κ1) is 12.1. The Balaban J connectivity index is 2.22. The monoisotopic (exact) mass is 208 g/mol. The highest BCUT2D eigenvalue weighted by Crippen LogP contribution is 2.09. The van der Waals surface area contributed by atoms with Crippen molar-refractivity contribution in [2.75, 3.05) is 6.54 Å². The van der Waals surface area contributed by atoms with Crippen LogP contribution in [0.2, 0.25) is 0 Å². The van der Waals surface area contributed by atoms with Gasteiger partial charge in [0.1, 0.15) is 0 Å². The van der Waals surface area contributed by atoms with Gasteiger partial charge in [0.25, 0.3) is 0 Å².